The Morgan fingerprint density at radius 1 is 0.778 bits per heavy atom. The molecule has 0 heteroatoms. The molecule has 18 heavy (non-hydrogen) atoms. The Hall–Kier alpha value is -1.82. The molecule has 0 atom stereocenters. The van der Waals surface area contributed by atoms with Crippen LogP contribution in [-0.2, 0) is 0 Å². The van der Waals surface area contributed by atoms with Crippen molar-refractivity contribution in [2.24, 2.45) is 0 Å². The molecule has 0 radical (unpaired) electrons. The molecular weight excluding hydrogens is 216 g/mol. The molecule has 0 bridgehead atoms. The van der Waals surface area contributed by atoms with E-state index in [1.807, 2.05) is 0 Å². The summed E-state index contributed by atoms with van der Waals surface area (Å²) in [5, 5.41) is 0. The predicted molar refractivity (Wildman–Crippen MR) is 79.8 cm³/mol. The maximum atomic E-state index is 2.22. The first-order chi connectivity index (χ1) is 8.65. The molecule has 0 fully saturated rings. The maximum absolute atomic E-state index is 2.22. The average molecular weight is 236 g/mol. The standard InChI is InChI=1S/C18H20/c1-5-16(17-12-7-6-9-13(17)2)18-14(3)10-8-11-15(18)4/h5-12H,1-4H3. The Labute approximate surface area is 110 Å². The molecule has 0 aliphatic carbocycles. The lowest BCUT2D eigenvalue weighted by Crippen LogP contribution is -1.96. The minimum atomic E-state index is 1.33. The largest absolute Gasteiger partial charge is 0.0792 e. The Bertz CT molecular complexity index is 568. The van der Waals surface area contributed by atoms with Gasteiger partial charge in [0.15, 0.2) is 0 Å². The van der Waals surface area contributed by atoms with E-state index in [2.05, 4.69) is 76.2 Å². The van der Waals surface area contributed by atoms with Crippen LogP contribution in [0.15, 0.2) is 48.5 Å². The molecule has 0 N–H and O–H groups in total. The van der Waals surface area contributed by atoms with Crippen LogP contribution in [-0.4, -0.2) is 0 Å². The van der Waals surface area contributed by atoms with Gasteiger partial charge in [0.1, 0.15) is 0 Å². The van der Waals surface area contributed by atoms with Crippen molar-refractivity contribution in [3.05, 3.63) is 76.4 Å². The zero-order valence-electron chi connectivity index (χ0n) is 11.6. The van der Waals surface area contributed by atoms with E-state index in [1.54, 1.807) is 0 Å². The summed E-state index contributed by atoms with van der Waals surface area (Å²) >= 11 is 0. The van der Waals surface area contributed by atoms with Crippen LogP contribution in [0.4, 0.5) is 0 Å². The van der Waals surface area contributed by atoms with E-state index in [9.17, 15) is 0 Å². The lowest BCUT2D eigenvalue weighted by Gasteiger charge is -2.16. The fraction of sp³-hybridized carbons (Fsp3) is 0.222. The van der Waals surface area contributed by atoms with Gasteiger partial charge in [-0.1, -0.05) is 48.5 Å². The van der Waals surface area contributed by atoms with E-state index >= 15 is 0 Å². The Morgan fingerprint density at radius 2 is 1.33 bits per heavy atom. The van der Waals surface area contributed by atoms with Crippen LogP contribution in [0.2, 0.25) is 0 Å². The van der Waals surface area contributed by atoms with Gasteiger partial charge in [-0.05, 0) is 61.1 Å². The summed E-state index contributed by atoms with van der Waals surface area (Å²) in [5.74, 6) is 0. The second-order valence-electron chi connectivity index (χ2n) is 4.78. The fourth-order valence-corrected chi connectivity index (χ4v) is 2.55. The molecule has 2 aromatic carbocycles. The number of rotatable bonds is 2. The predicted octanol–water partition coefficient (Wildman–Crippen LogP) is 5.06. The van der Waals surface area contributed by atoms with Crippen molar-refractivity contribution in [3.63, 3.8) is 0 Å². The van der Waals surface area contributed by atoms with Crippen LogP contribution < -0.4 is 0 Å². The second-order valence-corrected chi connectivity index (χ2v) is 4.78. The number of hydrogen-bond acceptors (Lipinski definition) is 0. The molecule has 2 rings (SSSR count). The Morgan fingerprint density at radius 3 is 1.89 bits per heavy atom. The highest BCUT2D eigenvalue weighted by Gasteiger charge is 2.11. The van der Waals surface area contributed by atoms with Gasteiger partial charge in [0, 0.05) is 0 Å². The second kappa shape index (κ2) is 5.22. The van der Waals surface area contributed by atoms with Gasteiger partial charge in [-0.15, -0.1) is 0 Å². The summed E-state index contributed by atoms with van der Waals surface area (Å²) in [5.41, 5.74) is 8.04. The lowest BCUT2D eigenvalue weighted by molar-refractivity contribution is 1.31. The van der Waals surface area contributed by atoms with Crippen molar-refractivity contribution in [1.82, 2.24) is 0 Å². The molecule has 0 spiro atoms. The summed E-state index contributed by atoms with van der Waals surface area (Å²) in [7, 11) is 0. The molecule has 0 saturated carbocycles. The van der Waals surface area contributed by atoms with Gasteiger partial charge < -0.3 is 0 Å². The summed E-state index contributed by atoms with van der Waals surface area (Å²) in [6.07, 6.45) is 2.22. The quantitative estimate of drug-likeness (QED) is 0.683. The SMILES string of the molecule is CC=C(c1ccccc1C)c1c(C)cccc1C. The molecule has 0 aliphatic rings. The minimum Gasteiger partial charge on any atom is -0.0792 e. The smallest absolute Gasteiger partial charge is 0.0123 e. The van der Waals surface area contributed by atoms with Gasteiger partial charge in [0.25, 0.3) is 0 Å². The number of hydrogen-bond donors (Lipinski definition) is 0. The van der Waals surface area contributed by atoms with Crippen molar-refractivity contribution >= 4 is 5.57 Å². The Balaban J connectivity index is 2.65. The van der Waals surface area contributed by atoms with Gasteiger partial charge in [-0.2, -0.15) is 0 Å². The van der Waals surface area contributed by atoms with Gasteiger partial charge in [0.2, 0.25) is 0 Å². The van der Waals surface area contributed by atoms with Crippen LogP contribution in [0.1, 0.15) is 34.7 Å². The highest BCUT2D eigenvalue weighted by atomic mass is 14.1. The van der Waals surface area contributed by atoms with Crippen molar-refractivity contribution in [2.45, 2.75) is 27.7 Å². The van der Waals surface area contributed by atoms with Crippen LogP contribution in [0, 0.1) is 20.8 Å². The monoisotopic (exact) mass is 236 g/mol. The summed E-state index contributed by atoms with van der Waals surface area (Å²) < 4.78 is 0. The van der Waals surface area contributed by atoms with E-state index < -0.39 is 0 Å². The fourth-order valence-electron chi connectivity index (χ4n) is 2.55. The molecule has 0 amide bonds. The molecule has 0 aliphatic heterocycles. The molecule has 0 heterocycles. The highest BCUT2D eigenvalue weighted by molar-refractivity contribution is 5.84. The third-order valence-corrected chi connectivity index (χ3v) is 3.47. The van der Waals surface area contributed by atoms with E-state index in [1.165, 1.54) is 33.4 Å². The first-order valence-electron chi connectivity index (χ1n) is 6.44. The number of allylic oxidation sites excluding steroid dienone is 1. The number of benzene rings is 2. The zero-order valence-corrected chi connectivity index (χ0v) is 11.6. The third kappa shape index (κ3) is 2.24. The summed E-state index contributed by atoms with van der Waals surface area (Å²) in [6, 6.07) is 15.1. The van der Waals surface area contributed by atoms with E-state index in [-0.39, 0.29) is 0 Å². The maximum Gasteiger partial charge on any atom is -0.0123 e. The van der Waals surface area contributed by atoms with Crippen LogP contribution >= 0.6 is 0 Å². The molecule has 0 unspecified atom stereocenters. The van der Waals surface area contributed by atoms with Gasteiger partial charge in [-0.3, -0.25) is 0 Å². The van der Waals surface area contributed by atoms with Crippen molar-refractivity contribution in [1.29, 1.82) is 0 Å². The van der Waals surface area contributed by atoms with Crippen LogP contribution in [0.25, 0.3) is 5.57 Å². The van der Waals surface area contributed by atoms with Crippen LogP contribution in [0.3, 0.4) is 0 Å². The first-order valence-corrected chi connectivity index (χ1v) is 6.44. The summed E-state index contributed by atoms with van der Waals surface area (Å²) in [6.45, 7) is 8.66. The average Bonchev–Trinajstić information content (AvgIpc) is 2.35. The Kier molecular flexibility index (Phi) is 3.66. The van der Waals surface area contributed by atoms with E-state index in [0.717, 1.165) is 0 Å². The normalized spacial score (nSPS) is 11.7. The lowest BCUT2D eigenvalue weighted by atomic mass is 9.89. The molecule has 0 aromatic heterocycles. The highest BCUT2D eigenvalue weighted by Crippen LogP contribution is 2.30. The van der Waals surface area contributed by atoms with Gasteiger partial charge in [0.05, 0.1) is 0 Å². The molecule has 0 nitrogen and oxygen atoms in total. The van der Waals surface area contributed by atoms with Crippen molar-refractivity contribution in [2.75, 3.05) is 0 Å². The zero-order chi connectivity index (χ0) is 13.1. The molecular formula is C18H20. The topological polar surface area (TPSA) is 0 Å². The van der Waals surface area contributed by atoms with Gasteiger partial charge in [-0.25, -0.2) is 0 Å². The molecule has 92 valence electrons. The van der Waals surface area contributed by atoms with E-state index in [4.69, 9.17) is 0 Å². The van der Waals surface area contributed by atoms with Crippen molar-refractivity contribution < 1.29 is 0 Å². The van der Waals surface area contributed by atoms with Crippen LogP contribution in [0.5, 0.6) is 0 Å². The van der Waals surface area contributed by atoms with Gasteiger partial charge >= 0.3 is 0 Å². The third-order valence-electron chi connectivity index (χ3n) is 3.47. The first kappa shape index (κ1) is 12.6. The molecule has 2 aromatic rings. The molecule has 0 saturated heterocycles. The van der Waals surface area contributed by atoms with E-state index in [0.29, 0.717) is 0 Å². The minimum absolute atomic E-state index is 1.33. The van der Waals surface area contributed by atoms with Crippen molar-refractivity contribution in [3.8, 4) is 0 Å². The summed E-state index contributed by atoms with van der Waals surface area (Å²) in [4.78, 5) is 0. The number of aryl methyl sites for hydroxylation is 3.